The third kappa shape index (κ3) is 2.30. The lowest BCUT2D eigenvalue weighted by Gasteiger charge is -2.19. The number of carbonyl (C=O) groups is 1. The fourth-order valence-electron chi connectivity index (χ4n) is 3.05. The SMILES string of the molecule is Cc1[nH]nc(Cl)c1C(=O)Nc1cccc2c1C(C)OC2(C)C. The van der Waals surface area contributed by atoms with Crippen LogP contribution in [0.5, 0.6) is 0 Å². The highest BCUT2D eigenvalue weighted by atomic mass is 35.5. The fraction of sp³-hybridized carbons (Fsp3) is 0.375. The van der Waals surface area contributed by atoms with E-state index in [9.17, 15) is 4.79 Å². The average Bonchev–Trinajstić information content (AvgIpc) is 2.88. The Morgan fingerprint density at radius 1 is 1.45 bits per heavy atom. The molecular formula is C16H18ClN3O2. The van der Waals surface area contributed by atoms with Crippen LogP contribution in [0.2, 0.25) is 5.15 Å². The van der Waals surface area contributed by atoms with Gasteiger partial charge in [-0.15, -0.1) is 0 Å². The van der Waals surface area contributed by atoms with Crippen LogP contribution in [0.25, 0.3) is 0 Å². The quantitative estimate of drug-likeness (QED) is 0.880. The summed E-state index contributed by atoms with van der Waals surface area (Å²) in [5, 5.41) is 9.66. The highest BCUT2D eigenvalue weighted by molar-refractivity contribution is 6.33. The Balaban J connectivity index is 1.98. The molecule has 1 amide bonds. The molecule has 1 aliphatic rings. The van der Waals surface area contributed by atoms with Crippen LogP contribution in [0.3, 0.4) is 0 Å². The number of benzene rings is 1. The lowest BCUT2D eigenvalue weighted by Crippen LogP contribution is -2.16. The van der Waals surface area contributed by atoms with Crippen LogP contribution in [0.1, 0.15) is 54.1 Å². The van der Waals surface area contributed by atoms with E-state index in [1.54, 1.807) is 6.92 Å². The van der Waals surface area contributed by atoms with E-state index in [4.69, 9.17) is 16.3 Å². The summed E-state index contributed by atoms with van der Waals surface area (Å²) >= 11 is 5.97. The minimum atomic E-state index is -0.362. The Kier molecular flexibility index (Phi) is 3.50. The molecule has 116 valence electrons. The summed E-state index contributed by atoms with van der Waals surface area (Å²) in [4.78, 5) is 12.5. The average molecular weight is 320 g/mol. The summed E-state index contributed by atoms with van der Waals surface area (Å²) in [6.07, 6.45) is -0.0811. The highest BCUT2D eigenvalue weighted by Crippen LogP contribution is 2.46. The van der Waals surface area contributed by atoms with Gasteiger partial charge < -0.3 is 10.1 Å². The first-order valence-electron chi connectivity index (χ1n) is 7.14. The molecule has 1 aromatic heterocycles. The number of hydrogen-bond donors (Lipinski definition) is 2. The summed E-state index contributed by atoms with van der Waals surface area (Å²) in [5.74, 6) is -0.276. The Morgan fingerprint density at radius 3 is 2.82 bits per heavy atom. The molecule has 1 aromatic carbocycles. The Hall–Kier alpha value is -1.85. The lowest BCUT2D eigenvalue weighted by molar-refractivity contribution is -0.0433. The zero-order valence-corrected chi connectivity index (χ0v) is 13.7. The second-order valence-electron chi connectivity index (χ2n) is 6.01. The Bertz CT molecular complexity index is 732. The molecule has 6 heteroatoms. The predicted octanol–water partition coefficient (Wildman–Crippen LogP) is 3.95. The highest BCUT2D eigenvalue weighted by Gasteiger charge is 2.37. The first-order chi connectivity index (χ1) is 10.3. The zero-order valence-electron chi connectivity index (χ0n) is 13.0. The molecule has 0 saturated heterocycles. The second kappa shape index (κ2) is 5.11. The van der Waals surface area contributed by atoms with Crippen molar-refractivity contribution in [1.29, 1.82) is 0 Å². The maximum Gasteiger partial charge on any atom is 0.260 e. The van der Waals surface area contributed by atoms with E-state index in [0.717, 1.165) is 16.8 Å². The van der Waals surface area contributed by atoms with E-state index in [2.05, 4.69) is 15.5 Å². The number of nitrogens with one attached hydrogen (secondary N) is 2. The number of anilines is 1. The van der Waals surface area contributed by atoms with Crippen molar-refractivity contribution in [3.05, 3.63) is 45.7 Å². The van der Waals surface area contributed by atoms with Crippen LogP contribution in [-0.4, -0.2) is 16.1 Å². The topological polar surface area (TPSA) is 67.0 Å². The first kappa shape index (κ1) is 15.1. The van der Waals surface area contributed by atoms with Crippen molar-refractivity contribution in [3.8, 4) is 0 Å². The number of aryl methyl sites for hydroxylation is 1. The van der Waals surface area contributed by atoms with Crippen LogP contribution in [0.4, 0.5) is 5.69 Å². The molecule has 2 aromatic rings. The number of aromatic nitrogens is 2. The largest absolute Gasteiger partial charge is 0.363 e. The third-order valence-electron chi connectivity index (χ3n) is 4.01. The number of H-pyrrole nitrogens is 1. The maximum absolute atomic E-state index is 12.5. The predicted molar refractivity (Wildman–Crippen MR) is 85.3 cm³/mol. The Morgan fingerprint density at radius 2 is 2.18 bits per heavy atom. The minimum absolute atomic E-state index is 0.0811. The van der Waals surface area contributed by atoms with Gasteiger partial charge in [0.15, 0.2) is 5.15 Å². The molecule has 3 rings (SSSR count). The number of carbonyl (C=O) groups excluding carboxylic acids is 1. The third-order valence-corrected chi connectivity index (χ3v) is 4.28. The number of hydrogen-bond acceptors (Lipinski definition) is 3. The molecule has 1 unspecified atom stereocenters. The van der Waals surface area contributed by atoms with Gasteiger partial charge in [-0.1, -0.05) is 23.7 Å². The van der Waals surface area contributed by atoms with Crippen LogP contribution in [-0.2, 0) is 10.3 Å². The molecule has 0 aliphatic carbocycles. The number of fused-ring (bicyclic) bond motifs is 1. The van der Waals surface area contributed by atoms with Gasteiger partial charge in [0, 0.05) is 16.9 Å². The van der Waals surface area contributed by atoms with Crippen molar-refractivity contribution < 1.29 is 9.53 Å². The monoisotopic (exact) mass is 319 g/mol. The van der Waals surface area contributed by atoms with Crippen molar-refractivity contribution in [2.24, 2.45) is 0 Å². The standard InChI is InChI=1S/C16H18ClN3O2/c1-8-12(14(17)20-19-8)15(21)18-11-7-5-6-10-13(11)9(2)22-16(10,3)4/h5-7,9H,1-4H3,(H,18,21)(H,19,20). The molecule has 1 aliphatic heterocycles. The molecule has 0 bridgehead atoms. The summed E-state index contributed by atoms with van der Waals surface area (Å²) in [5.41, 5.74) is 3.49. The fourth-order valence-corrected chi connectivity index (χ4v) is 3.32. The molecule has 0 saturated carbocycles. The molecule has 0 fully saturated rings. The van der Waals surface area contributed by atoms with Crippen LogP contribution >= 0.6 is 11.6 Å². The van der Waals surface area contributed by atoms with Crippen molar-refractivity contribution in [1.82, 2.24) is 10.2 Å². The number of ether oxygens (including phenoxy) is 1. The molecule has 0 radical (unpaired) electrons. The van der Waals surface area contributed by atoms with E-state index in [-0.39, 0.29) is 22.8 Å². The van der Waals surface area contributed by atoms with E-state index in [0.29, 0.717) is 11.3 Å². The Labute approximate surface area is 134 Å². The number of amides is 1. The maximum atomic E-state index is 12.5. The smallest absolute Gasteiger partial charge is 0.260 e. The van der Waals surface area contributed by atoms with Crippen LogP contribution in [0, 0.1) is 6.92 Å². The first-order valence-corrected chi connectivity index (χ1v) is 7.52. The van der Waals surface area contributed by atoms with Gasteiger partial charge in [-0.05, 0) is 39.3 Å². The van der Waals surface area contributed by atoms with Crippen LogP contribution in [0.15, 0.2) is 18.2 Å². The van der Waals surface area contributed by atoms with Gasteiger partial charge in [-0.2, -0.15) is 5.10 Å². The van der Waals surface area contributed by atoms with Gasteiger partial charge >= 0.3 is 0 Å². The minimum Gasteiger partial charge on any atom is -0.363 e. The van der Waals surface area contributed by atoms with Gasteiger partial charge in [0.25, 0.3) is 5.91 Å². The number of halogens is 1. The zero-order chi connectivity index (χ0) is 16.1. The van der Waals surface area contributed by atoms with Gasteiger partial charge in [0.1, 0.15) is 0 Å². The number of aromatic amines is 1. The van der Waals surface area contributed by atoms with Gasteiger partial charge in [-0.3, -0.25) is 9.89 Å². The molecular weight excluding hydrogens is 302 g/mol. The van der Waals surface area contributed by atoms with Gasteiger partial charge in [0.05, 0.1) is 17.3 Å². The lowest BCUT2D eigenvalue weighted by atomic mass is 9.93. The van der Waals surface area contributed by atoms with E-state index in [1.807, 2.05) is 39.0 Å². The summed E-state index contributed by atoms with van der Waals surface area (Å²) in [6, 6.07) is 5.83. The molecule has 2 N–H and O–H groups in total. The van der Waals surface area contributed by atoms with Crippen molar-refractivity contribution in [2.45, 2.75) is 39.4 Å². The summed E-state index contributed by atoms with van der Waals surface area (Å²) in [6.45, 7) is 7.80. The van der Waals surface area contributed by atoms with Crippen molar-refractivity contribution in [3.63, 3.8) is 0 Å². The summed E-state index contributed by atoms with van der Waals surface area (Å²) < 4.78 is 5.98. The van der Waals surface area contributed by atoms with Crippen molar-refractivity contribution in [2.75, 3.05) is 5.32 Å². The normalized spacial score (nSPS) is 19.0. The second-order valence-corrected chi connectivity index (χ2v) is 6.36. The number of rotatable bonds is 2. The van der Waals surface area contributed by atoms with E-state index in [1.165, 1.54) is 0 Å². The summed E-state index contributed by atoms with van der Waals surface area (Å²) in [7, 11) is 0. The van der Waals surface area contributed by atoms with Gasteiger partial charge in [-0.25, -0.2) is 0 Å². The number of nitrogens with zero attached hydrogens (tertiary/aromatic N) is 1. The molecule has 2 heterocycles. The van der Waals surface area contributed by atoms with E-state index < -0.39 is 0 Å². The molecule has 5 nitrogen and oxygen atoms in total. The van der Waals surface area contributed by atoms with Crippen molar-refractivity contribution >= 4 is 23.2 Å². The molecule has 0 spiro atoms. The van der Waals surface area contributed by atoms with E-state index >= 15 is 0 Å². The molecule has 1 atom stereocenters. The van der Waals surface area contributed by atoms with Crippen LogP contribution < -0.4 is 5.32 Å². The van der Waals surface area contributed by atoms with Gasteiger partial charge in [0.2, 0.25) is 0 Å². The molecule has 22 heavy (non-hydrogen) atoms.